The highest BCUT2D eigenvalue weighted by Crippen LogP contribution is 2.22. The van der Waals surface area contributed by atoms with Gasteiger partial charge in [-0.15, -0.1) is 0 Å². The highest BCUT2D eigenvalue weighted by Gasteiger charge is 2.11. The standard InChI is InChI=1S/C28H38N10/c1-33(25-13-9-23(10-14-25)29-31-27-35(3)19-20-36(27)4)17-7-8-18-34(2)26-15-11-24(12-16-26)30-32-28-37(5)21-22-38(28)6/h9-16,19-22H,7-8,17-18H2,1-6H3/q+2. The lowest BCUT2D eigenvalue weighted by molar-refractivity contribution is -0.657. The molecule has 0 bridgehead atoms. The van der Waals surface area contributed by atoms with E-state index in [-0.39, 0.29) is 0 Å². The van der Waals surface area contributed by atoms with Crippen molar-refractivity contribution in [1.29, 1.82) is 0 Å². The molecule has 10 nitrogen and oxygen atoms in total. The van der Waals surface area contributed by atoms with Gasteiger partial charge in [-0.3, -0.25) is 0 Å². The second-order valence-electron chi connectivity index (χ2n) is 9.62. The summed E-state index contributed by atoms with van der Waals surface area (Å²) in [4.78, 5) is 4.56. The SMILES string of the molecule is CN(CCCCN(C)c1ccc(N=Nc2n(C)cc[n+]2C)cc1)c1ccc(N=Nc2n(C)cc[n+]2C)cc1. The zero-order chi connectivity index (χ0) is 27.1. The van der Waals surface area contributed by atoms with Crippen molar-refractivity contribution in [2.45, 2.75) is 12.8 Å². The summed E-state index contributed by atoms with van der Waals surface area (Å²) in [6.07, 6.45) is 10.0. The fraction of sp³-hybridized carbons (Fsp3) is 0.357. The summed E-state index contributed by atoms with van der Waals surface area (Å²) in [5.41, 5.74) is 4.03. The van der Waals surface area contributed by atoms with Gasteiger partial charge in [-0.2, -0.15) is 0 Å². The Hall–Kier alpha value is -4.34. The van der Waals surface area contributed by atoms with Crippen LogP contribution in [0.1, 0.15) is 12.8 Å². The minimum atomic E-state index is 0.801. The summed E-state index contributed by atoms with van der Waals surface area (Å²) in [5, 5.41) is 17.5. The van der Waals surface area contributed by atoms with Crippen molar-refractivity contribution in [3.63, 3.8) is 0 Å². The highest BCUT2D eigenvalue weighted by atomic mass is 15.3. The number of benzene rings is 2. The van der Waals surface area contributed by atoms with E-state index >= 15 is 0 Å². The van der Waals surface area contributed by atoms with Gasteiger partial charge in [0.15, 0.2) is 0 Å². The molecule has 0 saturated carbocycles. The molecule has 2 aromatic carbocycles. The molecule has 0 spiro atoms. The molecule has 0 saturated heterocycles. The van der Waals surface area contributed by atoms with Gasteiger partial charge in [-0.1, -0.05) is 10.2 Å². The molecular weight excluding hydrogens is 476 g/mol. The number of aryl methyl sites for hydroxylation is 4. The first kappa shape index (κ1) is 26.7. The molecule has 198 valence electrons. The fourth-order valence-electron chi connectivity index (χ4n) is 4.16. The van der Waals surface area contributed by atoms with Crippen LogP contribution in [0.25, 0.3) is 0 Å². The van der Waals surface area contributed by atoms with Crippen LogP contribution in [0.15, 0.2) is 93.8 Å². The Labute approximate surface area is 224 Å². The van der Waals surface area contributed by atoms with Crippen LogP contribution in [0.2, 0.25) is 0 Å². The second kappa shape index (κ2) is 12.3. The van der Waals surface area contributed by atoms with Gasteiger partial charge in [0.25, 0.3) is 0 Å². The number of aromatic nitrogens is 4. The molecule has 0 N–H and O–H groups in total. The van der Waals surface area contributed by atoms with Crippen LogP contribution in [-0.4, -0.2) is 36.3 Å². The van der Waals surface area contributed by atoms with Crippen LogP contribution < -0.4 is 18.9 Å². The van der Waals surface area contributed by atoms with Gasteiger partial charge in [0.1, 0.15) is 11.4 Å². The number of nitrogens with zero attached hydrogens (tertiary/aromatic N) is 10. The van der Waals surface area contributed by atoms with Crippen molar-refractivity contribution >= 4 is 34.6 Å². The zero-order valence-corrected chi connectivity index (χ0v) is 23.2. The molecule has 0 atom stereocenters. The minimum absolute atomic E-state index is 0.801. The van der Waals surface area contributed by atoms with Crippen molar-refractivity contribution in [2.75, 3.05) is 37.0 Å². The second-order valence-corrected chi connectivity index (χ2v) is 9.62. The van der Waals surface area contributed by atoms with Gasteiger partial charge in [0, 0.05) is 48.8 Å². The van der Waals surface area contributed by atoms with Gasteiger partial charge < -0.3 is 9.80 Å². The minimum Gasteiger partial charge on any atom is -0.375 e. The van der Waals surface area contributed by atoms with E-state index in [9.17, 15) is 0 Å². The lowest BCUT2D eigenvalue weighted by Gasteiger charge is -2.22. The van der Waals surface area contributed by atoms with Crippen LogP contribution in [0, 0.1) is 0 Å². The number of imidazole rings is 2. The third-order valence-electron chi connectivity index (χ3n) is 6.62. The van der Waals surface area contributed by atoms with E-state index in [0.29, 0.717) is 0 Å². The molecule has 4 rings (SSSR count). The molecule has 2 aromatic heterocycles. The largest absolute Gasteiger partial charge is 0.421 e. The first-order valence-corrected chi connectivity index (χ1v) is 12.8. The molecule has 10 heteroatoms. The van der Waals surface area contributed by atoms with E-state index in [1.54, 1.807) is 0 Å². The lowest BCUT2D eigenvalue weighted by Crippen LogP contribution is -2.25. The number of azo groups is 2. The smallest absolute Gasteiger partial charge is 0.375 e. The van der Waals surface area contributed by atoms with E-state index in [4.69, 9.17) is 0 Å². The van der Waals surface area contributed by atoms with Crippen LogP contribution in [-0.2, 0) is 28.2 Å². The predicted molar refractivity (Wildman–Crippen MR) is 150 cm³/mol. The maximum atomic E-state index is 4.37. The zero-order valence-electron chi connectivity index (χ0n) is 23.2. The lowest BCUT2D eigenvalue weighted by atomic mass is 10.2. The van der Waals surface area contributed by atoms with Gasteiger partial charge >= 0.3 is 11.9 Å². The fourth-order valence-corrected chi connectivity index (χ4v) is 4.16. The molecule has 4 aromatic rings. The summed E-state index contributed by atoms with van der Waals surface area (Å²) in [6, 6.07) is 16.4. The van der Waals surface area contributed by atoms with E-state index in [1.165, 1.54) is 11.4 Å². The highest BCUT2D eigenvalue weighted by molar-refractivity contribution is 5.53. The number of unbranched alkanes of at least 4 members (excludes halogenated alkanes) is 1. The monoisotopic (exact) mass is 514 g/mol. The maximum absolute atomic E-state index is 4.37. The average Bonchev–Trinajstić information content (AvgIpc) is 3.43. The number of hydrogen-bond acceptors (Lipinski definition) is 6. The van der Waals surface area contributed by atoms with Crippen molar-refractivity contribution in [1.82, 2.24) is 9.13 Å². The molecule has 0 aliphatic rings. The topological polar surface area (TPSA) is 73.5 Å². The van der Waals surface area contributed by atoms with Gasteiger partial charge in [-0.25, -0.2) is 18.3 Å². The van der Waals surface area contributed by atoms with E-state index in [2.05, 4.69) is 68.6 Å². The van der Waals surface area contributed by atoms with Crippen LogP contribution >= 0.6 is 0 Å². The van der Waals surface area contributed by atoms with Gasteiger partial charge in [0.2, 0.25) is 0 Å². The Balaban J connectivity index is 1.21. The van der Waals surface area contributed by atoms with Crippen molar-refractivity contribution in [3.05, 3.63) is 73.3 Å². The molecular formula is C28H38N10+2. The van der Waals surface area contributed by atoms with Crippen molar-refractivity contribution in [2.24, 2.45) is 48.6 Å². The number of anilines is 2. The number of rotatable bonds is 11. The van der Waals surface area contributed by atoms with Crippen molar-refractivity contribution < 1.29 is 9.13 Å². The Morgan fingerprint density at radius 1 is 0.605 bits per heavy atom. The Bertz CT molecular complexity index is 1230. The normalized spacial score (nSPS) is 11.6. The quantitative estimate of drug-likeness (QED) is 0.157. The summed E-state index contributed by atoms with van der Waals surface area (Å²) < 4.78 is 7.77. The van der Waals surface area contributed by atoms with E-state index < -0.39 is 0 Å². The van der Waals surface area contributed by atoms with E-state index in [1.807, 2.05) is 95.5 Å². The maximum Gasteiger partial charge on any atom is 0.421 e. The molecule has 0 radical (unpaired) electrons. The Morgan fingerprint density at radius 2 is 0.974 bits per heavy atom. The number of hydrogen-bond donors (Lipinski definition) is 0. The summed E-state index contributed by atoms with van der Waals surface area (Å²) in [5.74, 6) is 1.60. The predicted octanol–water partition coefficient (Wildman–Crippen LogP) is 5.20. The Morgan fingerprint density at radius 3 is 1.29 bits per heavy atom. The molecule has 38 heavy (non-hydrogen) atoms. The third kappa shape index (κ3) is 6.70. The first-order chi connectivity index (χ1) is 18.3. The van der Waals surface area contributed by atoms with E-state index in [0.717, 1.165) is 49.2 Å². The van der Waals surface area contributed by atoms with Gasteiger partial charge in [-0.05, 0) is 61.4 Å². The van der Waals surface area contributed by atoms with Crippen LogP contribution in [0.3, 0.4) is 0 Å². The molecule has 0 aliphatic heterocycles. The molecule has 0 fully saturated rings. The van der Waals surface area contributed by atoms with Crippen molar-refractivity contribution in [3.8, 4) is 0 Å². The summed E-state index contributed by atoms with van der Waals surface area (Å²) in [7, 11) is 12.1. The molecule has 0 unspecified atom stereocenters. The molecule has 2 heterocycles. The summed E-state index contributed by atoms with van der Waals surface area (Å²) >= 11 is 0. The summed E-state index contributed by atoms with van der Waals surface area (Å²) in [6.45, 7) is 1.98. The molecule has 0 aliphatic carbocycles. The van der Waals surface area contributed by atoms with Crippen LogP contribution in [0.5, 0.6) is 0 Å². The third-order valence-corrected chi connectivity index (χ3v) is 6.62. The average molecular weight is 515 g/mol. The van der Waals surface area contributed by atoms with Gasteiger partial charge in [0.05, 0.1) is 53.0 Å². The Kier molecular flexibility index (Phi) is 8.62. The molecule has 0 amide bonds. The first-order valence-electron chi connectivity index (χ1n) is 12.8. The van der Waals surface area contributed by atoms with Crippen LogP contribution in [0.4, 0.5) is 34.6 Å².